The Kier molecular flexibility index (Phi) is 5.86. The third-order valence-electron chi connectivity index (χ3n) is 3.53. The van der Waals surface area contributed by atoms with Crippen molar-refractivity contribution >= 4 is 27.5 Å². The molecule has 3 heteroatoms. The quantitative estimate of drug-likeness (QED) is 0.725. The van der Waals surface area contributed by atoms with Crippen LogP contribution in [0.15, 0.2) is 40.9 Å². The predicted molar refractivity (Wildman–Crippen MR) is 95.2 cm³/mol. The summed E-state index contributed by atoms with van der Waals surface area (Å²) >= 11 is 9.98. The van der Waals surface area contributed by atoms with Crippen LogP contribution < -0.4 is 5.32 Å². The van der Waals surface area contributed by atoms with E-state index in [-0.39, 0.29) is 6.04 Å². The number of likely N-dealkylation sites (N-methyl/N-ethyl adjacent to an activating group) is 1. The van der Waals surface area contributed by atoms with Crippen molar-refractivity contribution < 1.29 is 0 Å². The van der Waals surface area contributed by atoms with E-state index in [2.05, 4.69) is 66.3 Å². The minimum absolute atomic E-state index is 0.223. The van der Waals surface area contributed by atoms with Gasteiger partial charge in [-0.25, -0.2) is 0 Å². The SMILES string of the molecule is CCNC(Cc1cc(C)cc(C)c1)c1cccc(Br)c1Cl. The molecule has 1 unspecified atom stereocenters. The van der Waals surface area contributed by atoms with Gasteiger partial charge in [0.05, 0.1) is 5.02 Å². The lowest BCUT2D eigenvalue weighted by Gasteiger charge is -2.21. The predicted octanol–water partition coefficient (Wildman–Crippen LogP) is 5.61. The highest BCUT2D eigenvalue weighted by Crippen LogP contribution is 2.32. The third-order valence-corrected chi connectivity index (χ3v) is 4.84. The highest BCUT2D eigenvalue weighted by Gasteiger charge is 2.16. The number of rotatable bonds is 5. The second kappa shape index (κ2) is 7.44. The van der Waals surface area contributed by atoms with Crippen molar-refractivity contribution in [2.24, 2.45) is 0 Å². The molecule has 0 bridgehead atoms. The van der Waals surface area contributed by atoms with Crippen LogP contribution in [0.3, 0.4) is 0 Å². The Morgan fingerprint density at radius 2 is 1.81 bits per heavy atom. The van der Waals surface area contributed by atoms with Crippen molar-refractivity contribution in [2.45, 2.75) is 33.2 Å². The van der Waals surface area contributed by atoms with E-state index in [1.807, 2.05) is 12.1 Å². The summed E-state index contributed by atoms with van der Waals surface area (Å²) in [7, 11) is 0. The largest absolute Gasteiger partial charge is 0.310 e. The van der Waals surface area contributed by atoms with E-state index in [9.17, 15) is 0 Å². The van der Waals surface area contributed by atoms with E-state index in [0.717, 1.165) is 28.0 Å². The topological polar surface area (TPSA) is 12.0 Å². The average molecular weight is 367 g/mol. The van der Waals surface area contributed by atoms with Crippen LogP contribution >= 0.6 is 27.5 Å². The van der Waals surface area contributed by atoms with Gasteiger partial charge in [0.25, 0.3) is 0 Å². The molecule has 0 saturated carbocycles. The molecule has 0 aliphatic heterocycles. The van der Waals surface area contributed by atoms with Crippen LogP contribution in [-0.4, -0.2) is 6.54 Å². The fourth-order valence-electron chi connectivity index (χ4n) is 2.75. The van der Waals surface area contributed by atoms with Crippen LogP contribution in [0.5, 0.6) is 0 Å². The maximum atomic E-state index is 6.47. The lowest BCUT2D eigenvalue weighted by atomic mass is 9.96. The van der Waals surface area contributed by atoms with Gasteiger partial charge in [-0.05, 0) is 59.9 Å². The first-order valence-corrected chi connectivity index (χ1v) is 8.42. The van der Waals surface area contributed by atoms with Gasteiger partial charge >= 0.3 is 0 Å². The van der Waals surface area contributed by atoms with Crippen LogP contribution in [0.4, 0.5) is 0 Å². The highest BCUT2D eigenvalue weighted by atomic mass is 79.9. The summed E-state index contributed by atoms with van der Waals surface area (Å²) in [4.78, 5) is 0. The molecule has 1 N–H and O–H groups in total. The van der Waals surface area contributed by atoms with Gasteiger partial charge in [-0.3, -0.25) is 0 Å². The summed E-state index contributed by atoms with van der Waals surface area (Å²) in [6, 6.07) is 13.1. The zero-order valence-corrected chi connectivity index (χ0v) is 15.1. The minimum atomic E-state index is 0.223. The molecule has 1 nitrogen and oxygen atoms in total. The summed E-state index contributed by atoms with van der Waals surface area (Å²) in [5, 5.41) is 4.35. The molecule has 2 rings (SSSR count). The van der Waals surface area contributed by atoms with Gasteiger partial charge in [-0.1, -0.05) is 60.0 Å². The molecular weight excluding hydrogens is 346 g/mol. The summed E-state index contributed by atoms with van der Waals surface area (Å²) in [5.41, 5.74) is 5.10. The molecular formula is C18H21BrClN. The molecule has 0 aliphatic rings. The van der Waals surface area contributed by atoms with Gasteiger partial charge in [-0.2, -0.15) is 0 Å². The average Bonchev–Trinajstić information content (AvgIpc) is 2.40. The first-order valence-electron chi connectivity index (χ1n) is 7.25. The molecule has 0 fully saturated rings. The number of benzene rings is 2. The van der Waals surface area contributed by atoms with Crippen LogP contribution in [0.1, 0.15) is 35.2 Å². The Labute approximate surface area is 140 Å². The van der Waals surface area contributed by atoms with E-state index in [0.29, 0.717) is 0 Å². The molecule has 0 aromatic heterocycles. The van der Waals surface area contributed by atoms with E-state index in [1.165, 1.54) is 16.7 Å². The minimum Gasteiger partial charge on any atom is -0.310 e. The lowest BCUT2D eigenvalue weighted by Crippen LogP contribution is -2.23. The molecule has 21 heavy (non-hydrogen) atoms. The van der Waals surface area contributed by atoms with Crippen molar-refractivity contribution in [3.05, 3.63) is 68.1 Å². The Morgan fingerprint density at radius 3 is 2.43 bits per heavy atom. The van der Waals surface area contributed by atoms with Crippen LogP contribution in [-0.2, 0) is 6.42 Å². The van der Waals surface area contributed by atoms with Gasteiger partial charge in [0, 0.05) is 10.5 Å². The molecule has 0 spiro atoms. The number of aryl methyl sites for hydroxylation is 2. The zero-order valence-electron chi connectivity index (χ0n) is 12.7. The summed E-state index contributed by atoms with van der Waals surface area (Å²) in [6.45, 7) is 7.33. The van der Waals surface area contributed by atoms with Gasteiger partial charge in [0.15, 0.2) is 0 Å². The summed E-state index contributed by atoms with van der Waals surface area (Å²) < 4.78 is 0.949. The number of nitrogens with one attached hydrogen (secondary N) is 1. The Morgan fingerprint density at radius 1 is 1.14 bits per heavy atom. The molecule has 2 aromatic carbocycles. The third kappa shape index (κ3) is 4.32. The molecule has 1 atom stereocenters. The molecule has 0 saturated heterocycles. The fourth-order valence-corrected chi connectivity index (χ4v) is 3.39. The summed E-state index contributed by atoms with van der Waals surface area (Å²) in [6.07, 6.45) is 0.937. The van der Waals surface area contributed by atoms with Gasteiger partial charge in [0.1, 0.15) is 0 Å². The number of halogens is 2. The first kappa shape index (κ1) is 16.5. The Hall–Kier alpha value is -0.830. The van der Waals surface area contributed by atoms with Gasteiger partial charge in [0.2, 0.25) is 0 Å². The fraction of sp³-hybridized carbons (Fsp3) is 0.333. The second-order valence-corrected chi connectivity index (χ2v) is 6.69. The molecule has 112 valence electrons. The van der Waals surface area contributed by atoms with Crippen molar-refractivity contribution in [2.75, 3.05) is 6.54 Å². The first-order chi connectivity index (χ1) is 10.0. The Balaban J connectivity index is 2.32. The van der Waals surface area contributed by atoms with E-state index < -0.39 is 0 Å². The van der Waals surface area contributed by atoms with Crippen molar-refractivity contribution in [3.63, 3.8) is 0 Å². The van der Waals surface area contributed by atoms with Crippen LogP contribution in [0, 0.1) is 13.8 Å². The summed E-state index contributed by atoms with van der Waals surface area (Å²) in [5.74, 6) is 0. The second-order valence-electron chi connectivity index (χ2n) is 5.45. The normalized spacial score (nSPS) is 12.4. The zero-order chi connectivity index (χ0) is 15.4. The van der Waals surface area contributed by atoms with Crippen molar-refractivity contribution in [1.82, 2.24) is 5.32 Å². The molecule has 0 radical (unpaired) electrons. The monoisotopic (exact) mass is 365 g/mol. The van der Waals surface area contributed by atoms with E-state index in [1.54, 1.807) is 0 Å². The Bertz CT molecular complexity index is 604. The van der Waals surface area contributed by atoms with Crippen LogP contribution in [0.25, 0.3) is 0 Å². The standard InChI is InChI=1S/C18H21BrClN/c1-4-21-17(15-6-5-7-16(19)18(15)20)11-14-9-12(2)8-13(3)10-14/h5-10,17,21H,4,11H2,1-3H3. The lowest BCUT2D eigenvalue weighted by molar-refractivity contribution is 0.549. The molecule has 2 aromatic rings. The molecule has 0 aliphatic carbocycles. The van der Waals surface area contributed by atoms with Crippen LogP contribution in [0.2, 0.25) is 5.02 Å². The smallest absolute Gasteiger partial charge is 0.0595 e. The van der Waals surface area contributed by atoms with Gasteiger partial charge < -0.3 is 5.32 Å². The number of hydrogen-bond acceptors (Lipinski definition) is 1. The highest BCUT2D eigenvalue weighted by molar-refractivity contribution is 9.10. The number of hydrogen-bond donors (Lipinski definition) is 1. The maximum Gasteiger partial charge on any atom is 0.0595 e. The molecule has 0 amide bonds. The van der Waals surface area contributed by atoms with E-state index >= 15 is 0 Å². The maximum absolute atomic E-state index is 6.47. The van der Waals surface area contributed by atoms with E-state index in [4.69, 9.17) is 11.6 Å². The van der Waals surface area contributed by atoms with Crippen molar-refractivity contribution in [3.8, 4) is 0 Å². The van der Waals surface area contributed by atoms with Crippen molar-refractivity contribution in [1.29, 1.82) is 0 Å². The molecule has 0 heterocycles. The van der Waals surface area contributed by atoms with Gasteiger partial charge in [-0.15, -0.1) is 0 Å².